The Morgan fingerprint density at radius 3 is 2.25 bits per heavy atom. The van der Waals surface area contributed by atoms with E-state index in [0.29, 0.717) is 11.5 Å². The lowest BCUT2D eigenvalue weighted by atomic mass is 9.47. The molecule has 4 fully saturated rings. The van der Waals surface area contributed by atoms with Crippen molar-refractivity contribution in [2.24, 2.45) is 28.9 Å². The Morgan fingerprint density at radius 2 is 1.70 bits per heavy atom. The summed E-state index contributed by atoms with van der Waals surface area (Å²) in [5.41, 5.74) is 8.60. The molecule has 0 aromatic heterocycles. The maximum absolute atomic E-state index is 6.74. The van der Waals surface area contributed by atoms with E-state index in [0.717, 1.165) is 24.2 Å². The zero-order valence-corrected chi connectivity index (χ0v) is 13.6. The molecule has 20 heavy (non-hydrogen) atoms. The predicted octanol–water partition coefficient (Wildman–Crippen LogP) is 4.54. The molecule has 1 atom stereocenters. The van der Waals surface area contributed by atoms with Crippen molar-refractivity contribution in [2.75, 3.05) is 0 Å². The number of benzene rings is 1. The third kappa shape index (κ3) is 2.25. The molecule has 0 radical (unpaired) electrons. The van der Waals surface area contributed by atoms with Crippen molar-refractivity contribution < 1.29 is 0 Å². The fraction of sp³-hybridized carbons (Fsp3) is 0.667. The van der Waals surface area contributed by atoms with Crippen LogP contribution in [0.5, 0.6) is 0 Å². The molecule has 4 aliphatic carbocycles. The van der Waals surface area contributed by atoms with E-state index < -0.39 is 0 Å². The SMILES string of the molecule is NC(Cc1cccc(Br)c1)C12CC3CC(CC(C3)C1)C2. The van der Waals surface area contributed by atoms with Gasteiger partial charge in [-0.05, 0) is 85.8 Å². The van der Waals surface area contributed by atoms with E-state index in [-0.39, 0.29) is 0 Å². The van der Waals surface area contributed by atoms with E-state index in [1.54, 1.807) is 0 Å². The Labute approximate surface area is 130 Å². The van der Waals surface area contributed by atoms with Crippen LogP contribution >= 0.6 is 15.9 Å². The number of rotatable bonds is 3. The van der Waals surface area contributed by atoms with Gasteiger partial charge in [0.15, 0.2) is 0 Å². The average Bonchev–Trinajstić information content (AvgIpc) is 2.37. The molecule has 108 valence electrons. The van der Waals surface area contributed by atoms with Gasteiger partial charge in [0.2, 0.25) is 0 Å². The second-order valence-corrected chi connectivity index (χ2v) is 8.64. The topological polar surface area (TPSA) is 26.0 Å². The van der Waals surface area contributed by atoms with Crippen LogP contribution in [0.15, 0.2) is 28.7 Å². The van der Waals surface area contributed by atoms with E-state index in [4.69, 9.17) is 5.73 Å². The van der Waals surface area contributed by atoms with Gasteiger partial charge in [0, 0.05) is 10.5 Å². The summed E-state index contributed by atoms with van der Waals surface area (Å²) in [6.45, 7) is 0. The molecular formula is C18H24BrN. The van der Waals surface area contributed by atoms with Crippen LogP contribution in [0.3, 0.4) is 0 Å². The molecule has 1 nitrogen and oxygen atoms in total. The van der Waals surface area contributed by atoms with Gasteiger partial charge in [-0.3, -0.25) is 0 Å². The number of hydrogen-bond donors (Lipinski definition) is 1. The Kier molecular flexibility index (Phi) is 3.23. The highest BCUT2D eigenvalue weighted by Crippen LogP contribution is 2.61. The zero-order valence-electron chi connectivity index (χ0n) is 12.0. The Balaban J connectivity index is 1.54. The molecule has 1 unspecified atom stereocenters. The fourth-order valence-corrected chi connectivity index (χ4v) is 6.21. The molecule has 0 heterocycles. The van der Waals surface area contributed by atoms with Crippen LogP contribution in [0.1, 0.15) is 44.1 Å². The summed E-state index contributed by atoms with van der Waals surface area (Å²) in [4.78, 5) is 0. The Bertz CT molecular complexity index is 475. The highest BCUT2D eigenvalue weighted by atomic mass is 79.9. The van der Waals surface area contributed by atoms with Crippen LogP contribution in [-0.4, -0.2) is 6.04 Å². The maximum Gasteiger partial charge on any atom is 0.0178 e. The molecule has 0 spiro atoms. The zero-order chi connectivity index (χ0) is 13.7. The first-order valence-electron chi connectivity index (χ1n) is 8.13. The van der Waals surface area contributed by atoms with E-state index in [1.165, 1.54) is 48.6 Å². The summed E-state index contributed by atoms with van der Waals surface area (Å²) < 4.78 is 1.17. The van der Waals surface area contributed by atoms with Gasteiger partial charge in [0.05, 0.1) is 0 Å². The summed E-state index contributed by atoms with van der Waals surface area (Å²) >= 11 is 3.58. The highest BCUT2D eigenvalue weighted by Gasteiger charge is 2.53. The largest absolute Gasteiger partial charge is 0.327 e. The van der Waals surface area contributed by atoms with Crippen LogP contribution in [0.4, 0.5) is 0 Å². The van der Waals surface area contributed by atoms with Gasteiger partial charge in [0.25, 0.3) is 0 Å². The first-order valence-corrected chi connectivity index (χ1v) is 8.92. The second-order valence-electron chi connectivity index (χ2n) is 7.72. The summed E-state index contributed by atoms with van der Waals surface area (Å²) in [5, 5.41) is 0. The number of nitrogens with two attached hydrogens (primary N) is 1. The van der Waals surface area contributed by atoms with E-state index >= 15 is 0 Å². The van der Waals surface area contributed by atoms with Crippen LogP contribution in [0, 0.1) is 23.2 Å². The minimum atomic E-state index is 0.352. The van der Waals surface area contributed by atoms with Gasteiger partial charge in [-0.1, -0.05) is 28.1 Å². The van der Waals surface area contributed by atoms with Crippen molar-refractivity contribution in [3.8, 4) is 0 Å². The Hall–Kier alpha value is -0.340. The van der Waals surface area contributed by atoms with Crippen LogP contribution in [0.2, 0.25) is 0 Å². The number of halogens is 1. The standard InChI is InChI=1S/C18H24BrN/c19-16-3-1-2-12(7-16)8-17(20)18-9-13-4-14(10-18)6-15(5-13)11-18/h1-3,7,13-15,17H,4-6,8-11,20H2. The third-order valence-electron chi connectivity index (χ3n) is 6.22. The fourth-order valence-electron chi connectivity index (χ4n) is 5.77. The minimum absolute atomic E-state index is 0.352. The molecule has 5 rings (SSSR count). The summed E-state index contributed by atoms with van der Waals surface area (Å²) in [6.07, 6.45) is 9.79. The van der Waals surface area contributed by atoms with Gasteiger partial charge in [0.1, 0.15) is 0 Å². The lowest BCUT2D eigenvalue weighted by molar-refractivity contribution is -0.0667. The molecule has 0 amide bonds. The lowest BCUT2D eigenvalue weighted by Gasteiger charge is -2.59. The van der Waals surface area contributed by atoms with Gasteiger partial charge in [-0.2, -0.15) is 0 Å². The summed E-state index contributed by atoms with van der Waals surface area (Å²) in [5.74, 6) is 2.99. The molecular weight excluding hydrogens is 310 g/mol. The summed E-state index contributed by atoms with van der Waals surface area (Å²) in [7, 11) is 0. The van der Waals surface area contributed by atoms with Gasteiger partial charge in [-0.25, -0.2) is 0 Å². The lowest BCUT2D eigenvalue weighted by Crippen LogP contribution is -2.55. The van der Waals surface area contributed by atoms with Crippen LogP contribution in [0.25, 0.3) is 0 Å². The Morgan fingerprint density at radius 1 is 1.10 bits per heavy atom. The number of hydrogen-bond acceptors (Lipinski definition) is 1. The van der Waals surface area contributed by atoms with Gasteiger partial charge >= 0.3 is 0 Å². The predicted molar refractivity (Wildman–Crippen MR) is 86.4 cm³/mol. The van der Waals surface area contributed by atoms with Gasteiger partial charge in [-0.15, -0.1) is 0 Å². The van der Waals surface area contributed by atoms with Gasteiger partial charge < -0.3 is 5.73 Å². The normalized spacial score (nSPS) is 40.0. The van der Waals surface area contributed by atoms with E-state index in [2.05, 4.69) is 40.2 Å². The molecule has 2 heteroatoms. The second kappa shape index (κ2) is 4.84. The quantitative estimate of drug-likeness (QED) is 0.863. The smallest absolute Gasteiger partial charge is 0.0178 e. The molecule has 0 saturated heterocycles. The van der Waals surface area contributed by atoms with Crippen molar-refractivity contribution in [1.82, 2.24) is 0 Å². The van der Waals surface area contributed by atoms with Crippen molar-refractivity contribution in [2.45, 2.75) is 51.0 Å². The highest BCUT2D eigenvalue weighted by molar-refractivity contribution is 9.10. The van der Waals surface area contributed by atoms with Crippen molar-refractivity contribution in [3.63, 3.8) is 0 Å². The molecule has 4 aliphatic rings. The molecule has 4 bridgehead atoms. The average molecular weight is 334 g/mol. The molecule has 0 aliphatic heterocycles. The molecule has 1 aromatic rings. The van der Waals surface area contributed by atoms with E-state index in [1.807, 2.05) is 0 Å². The first-order chi connectivity index (χ1) is 9.63. The molecule has 1 aromatic carbocycles. The van der Waals surface area contributed by atoms with Crippen molar-refractivity contribution in [3.05, 3.63) is 34.3 Å². The first kappa shape index (κ1) is 13.3. The van der Waals surface area contributed by atoms with Crippen molar-refractivity contribution in [1.29, 1.82) is 0 Å². The molecule has 4 saturated carbocycles. The van der Waals surface area contributed by atoms with Crippen molar-refractivity contribution >= 4 is 15.9 Å². The summed E-state index contributed by atoms with van der Waals surface area (Å²) in [6, 6.07) is 9.04. The van der Waals surface area contributed by atoms with Crippen LogP contribution < -0.4 is 5.73 Å². The monoisotopic (exact) mass is 333 g/mol. The third-order valence-corrected chi connectivity index (χ3v) is 6.71. The minimum Gasteiger partial charge on any atom is -0.327 e. The molecule has 2 N–H and O–H groups in total. The van der Waals surface area contributed by atoms with Crippen LogP contribution in [-0.2, 0) is 6.42 Å². The van der Waals surface area contributed by atoms with E-state index in [9.17, 15) is 0 Å². The maximum atomic E-state index is 6.74.